The van der Waals surface area contributed by atoms with Crippen molar-refractivity contribution in [2.75, 3.05) is 6.61 Å². The number of ketones is 1. The van der Waals surface area contributed by atoms with Crippen molar-refractivity contribution in [1.82, 2.24) is 0 Å². The minimum Gasteiger partial charge on any atom is -0.465 e. The predicted molar refractivity (Wildman–Crippen MR) is 51.6 cm³/mol. The van der Waals surface area contributed by atoms with Gasteiger partial charge >= 0.3 is 5.97 Å². The zero-order chi connectivity index (χ0) is 10.6. The maximum absolute atomic E-state index is 11.3. The zero-order valence-corrected chi connectivity index (χ0v) is 8.49. The molecule has 0 amide bonds. The fourth-order valence-corrected chi connectivity index (χ4v) is 1.79. The molecule has 0 aliphatic heterocycles. The van der Waals surface area contributed by atoms with E-state index in [-0.39, 0.29) is 11.7 Å². The van der Waals surface area contributed by atoms with Gasteiger partial charge in [-0.1, -0.05) is 0 Å². The van der Waals surface area contributed by atoms with Gasteiger partial charge in [0.2, 0.25) is 0 Å². The first kappa shape index (κ1) is 11.2. The van der Waals surface area contributed by atoms with E-state index in [1.807, 2.05) is 0 Å². The van der Waals surface area contributed by atoms with Gasteiger partial charge in [-0.15, -0.1) is 0 Å². The number of nitrogens with two attached hydrogens (primary N) is 1. The Labute approximate surface area is 83.8 Å². The Kier molecular flexibility index (Phi) is 4.07. The van der Waals surface area contributed by atoms with Crippen molar-refractivity contribution in [3.63, 3.8) is 0 Å². The minimum atomic E-state index is -0.637. The molecule has 80 valence electrons. The lowest BCUT2D eigenvalue weighted by Crippen LogP contribution is -2.35. The van der Waals surface area contributed by atoms with Gasteiger partial charge in [-0.05, 0) is 26.2 Å². The standard InChI is InChI=1S/C10H17NO3/c1-2-14-10(13)8(11)6-7-4-3-5-9(7)12/h7-8H,2-6,11H2,1H3/t7?,8-/m0/s1. The van der Waals surface area contributed by atoms with Crippen LogP contribution in [-0.2, 0) is 14.3 Å². The fourth-order valence-electron chi connectivity index (χ4n) is 1.79. The van der Waals surface area contributed by atoms with Gasteiger partial charge in [0, 0.05) is 12.3 Å². The van der Waals surface area contributed by atoms with Crippen molar-refractivity contribution < 1.29 is 14.3 Å². The lowest BCUT2D eigenvalue weighted by atomic mass is 9.98. The second-order valence-corrected chi connectivity index (χ2v) is 3.65. The van der Waals surface area contributed by atoms with Crippen molar-refractivity contribution in [2.45, 2.75) is 38.6 Å². The van der Waals surface area contributed by atoms with Crippen molar-refractivity contribution in [2.24, 2.45) is 11.7 Å². The van der Waals surface area contributed by atoms with Crippen LogP contribution in [0, 0.1) is 5.92 Å². The van der Waals surface area contributed by atoms with E-state index in [1.54, 1.807) is 6.92 Å². The molecular weight excluding hydrogens is 182 g/mol. The summed E-state index contributed by atoms with van der Waals surface area (Å²) in [6, 6.07) is -0.637. The maximum Gasteiger partial charge on any atom is 0.322 e. The average Bonchev–Trinajstić information content (AvgIpc) is 2.52. The molecule has 0 saturated heterocycles. The van der Waals surface area contributed by atoms with Crippen LogP contribution in [0.15, 0.2) is 0 Å². The summed E-state index contributed by atoms with van der Waals surface area (Å²) in [5.74, 6) is -0.175. The van der Waals surface area contributed by atoms with Gasteiger partial charge in [0.15, 0.2) is 0 Å². The predicted octanol–water partition coefficient (Wildman–Crippen LogP) is 0.636. The minimum absolute atomic E-state index is 0.0191. The molecule has 0 aromatic heterocycles. The summed E-state index contributed by atoms with van der Waals surface area (Å²) < 4.78 is 4.77. The first-order chi connectivity index (χ1) is 6.65. The molecule has 2 atom stereocenters. The lowest BCUT2D eigenvalue weighted by Gasteiger charge is -2.13. The highest BCUT2D eigenvalue weighted by Crippen LogP contribution is 2.25. The Hall–Kier alpha value is -0.900. The highest BCUT2D eigenvalue weighted by molar-refractivity contribution is 5.84. The molecule has 0 radical (unpaired) electrons. The Morgan fingerprint density at radius 3 is 2.93 bits per heavy atom. The van der Waals surface area contributed by atoms with Crippen molar-refractivity contribution >= 4 is 11.8 Å². The van der Waals surface area contributed by atoms with Gasteiger partial charge in [0.25, 0.3) is 0 Å². The van der Waals surface area contributed by atoms with Crippen LogP contribution in [-0.4, -0.2) is 24.4 Å². The molecule has 1 aliphatic rings. The molecule has 1 saturated carbocycles. The zero-order valence-electron chi connectivity index (χ0n) is 8.49. The first-order valence-electron chi connectivity index (χ1n) is 5.10. The Morgan fingerprint density at radius 2 is 2.43 bits per heavy atom. The topological polar surface area (TPSA) is 69.4 Å². The third kappa shape index (κ3) is 2.80. The molecule has 0 heterocycles. The van der Waals surface area contributed by atoms with Crippen LogP contribution in [0.4, 0.5) is 0 Å². The van der Waals surface area contributed by atoms with E-state index >= 15 is 0 Å². The molecule has 0 bridgehead atoms. The molecule has 1 unspecified atom stereocenters. The van der Waals surface area contributed by atoms with E-state index in [9.17, 15) is 9.59 Å². The van der Waals surface area contributed by atoms with Gasteiger partial charge < -0.3 is 10.5 Å². The summed E-state index contributed by atoms with van der Waals surface area (Å²) in [4.78, 5) is 22.5. The normalized spacial score (nSPS) is 23.6. The average molecular weight is 199 g/mol. The number of carbonyl (C=O) groups is 2. The van der Waals surface area contributed by atoms with Crippen LogP contribution < -0.4 is 5.73 Å². The number of hydrogen-bond donors (Lipinski definition) is 1. The summed E-state index contributed by atoms with van der Waals surface area (Å²) >= 11 is 0. The van der Waals surface area contributed by atoms with Crippen molar-refractivity contribution in [3.8, 4) is 0 Å². The van der Waals surface area contributed by atoms with Crippen LogP contribution in [0.3, 0.4) is 0 Å². The summed E-state index contributed by atoms with van der Waals surface area (Å²) in [5.41, 5.74) is 5.62. The monoisotopic (exact) mass is 199 g/mol. The number of rotatable bonds is 4. The number of esters is 1. The van der Waals surface area contributed by atoms with Crippen LogP contribution in [0.1, 0.15) is 32.6 Å². The van der Waals surface area contributed by atoms with Crippen LogP contribution >= 0.6 is 0 Å². The Bertz CT molecular complexity index is 227. The van der Waals surface area contributed by atoms with Gasteiger partial charge in [-0.2, -0.15) is 0 Å². The van der Waals surface area contributed by atoms with Gasteiger partial charge in [-0.25, -0.2) is 0 Å². The van der Waals surface area contributed by atoms with Crippen LogP contribution in [0.5, 0.6) is 0 Å². The molecule has 1 fully saturated rings. The quantitative estimate of drug-likeness (QED) is 0.674. The maximum atomic E-state index is 11.3. The number of carbonyl (C=O) groups excluding carboxylic acids is 2. The van der Waals surface area contributed by atoms with E-state index in [1.165, 1.54) is 0 Å². The summed E-state index contributed by atoms with van der Waals surface area (Å²) in [6.07, 6.45) is 2.88. The lowest BCUT2D eigenvalue weighted by molar-refractivity contribution is -0.145. The second kappa shape index (κ2) is 5.10. The third-order valence-electron chi connectivity index (χ3n) is 2.56. The van der Waals surface area contributed by atoms with Crippen molar-refractivity contribution in [1.29, 1.82) is 0 Å². The summed E-state index contributed by atoms with van der Waals surface area (Å²) in [7, 11) is 0. The largest absolute Gasteiger partial charge is 0.465 e. The molecule has 1 rings (SSSR count). The number of ether oxygens (including phenoxy) is 1. The summed E-state index contributed by atoms with van der Waals surface area (Å²) in [5, 5.41) is 0. The molecule has 4 heteroatoms. The van der Waals surface area contributed by atoms with E-state index in [0.717, 1.165) is 12.8 Å². The van der Waals surface area contributed by atoms with E-state index < -0.39 is 12.0 Å². The molecule has 0 aromatic rings. The van der Waals surface area contributed by atoms with E-state index in [0.29, 0.717) is 19.4 Å². The third-order valence-corrected chi connectivity index (χ3v) is 2.56. The van der Waals surface area contributed by atoms with E-state index in [4.69, 9.17) is 10.5 Å². The van der Waals surface area contributed by atoms with Crippen LogP contribution in [0.25, 0.3) is 0 Å². The SMILES string of the molecule is CCOC(=O)[C@@H](N)CC1CCCC1=O. The van der Waals surface area contributed by atoms with Gasteiger partial charge in [0.1, 0.15) is 11.8 Å². The first-order valence-corrected chi connectivity index (χ1v) is 5.10. The molecule has 4 nitrogen and oxygen atoms in total. The molecule has 1 aliphatic carbocycles. The fraction of sp³-hybridized carbons (Fsp3) is 0.800. The summed E-state index contributed by atoms with van der Waals surface area (Å²) in [6.45, 7) is 2.08. The Balaban J connectivity index is 2.35. The number of hydrogen-bond acceptors (Lipinski definition) is 4. The molecule has 2 N–H and O–H groups in total. The second-order valence-electron chi connectivity index (χ2n) is 3.65. The van der Waals surface area contributed by atoms with Crippen LogP contribution in [0.2, 0.25) is 0 Å². The molecule has 14 heavy (non-hydrogen) atoms. The number of Topliss-reactive ketones (excluding diaryl/α,β-unsaturated/α-hetero) is 1. The molecule has 0 spiro atoms. The highest BCUT2D eigenvalue weighted by Gasteiger charge is 2.28. The molecule has 0 aromatic carbocycles. The Morgan fingerprint density at radius 1 is 1.71 bits per heavy atom. The van der Waals surface area contributed by atoms with E-state index in [2.05, 4.69) is 0 Å². The van der Waals surface area contributed by atoms with Gasteiger partial charge in [-0.3, -0.25) is 9.59 Å². The van der Waals surface area contributed by atoms with Gasteiger partial charge in [0.05, 0.1) is 6.61 Å². The van der Waals surface area contributed by atoms with Crippen molar-refractivity contribution in [3.05, 3.63) is 0 Å². The highest BCUT2D eigenvalue weighted by atomic mass is 16.5. The smallest absolute Gasteiger partial charge is 0.322 e. The molecular formula is C10H17NO3.